The van der Waals surface area contributed by atoms with Gasteiger partial charge in [-0.05, 0) is 29.8 Å². The first-order valence-corrected chi connectivity index (χ1v) is 9.93. The summed E-state index contributed by atoms with van der Waals surface area (Å²) in [6.45, 7) is 0.246. The number of aliphatic hydroxyl groups is 1. The fraction of sp³-hybridized carbons (Fsp3) is 0.182. The molecule has 0 spiro atoms. The molecule has 0 fully saturated rings. The highest BCUT2D eigenvalue weighted by Gasteiger charge is 2.15. The monoisotopic (exact) mass is 456 g/mol. The van der Waals surface area contributed by atoms with Gasteiger partial charge in [-0.3, -0.25) is 9.59 Å². The second kappa shape index (κ2) is 11.1. The Balaban J connectivity index is 1.45. The number of carbonyl (C=O) groups excluding carboxylic acids is 2. The van der Waals surface area contributed by atoms with E-state index in [0.717, 1.165) is 5.56 Å². The maximum absolute atomic E-state index is 12.0. The molecule has 3 rings (SSSR count). The first-order chi connectivity index (χ1) is 15.4. The van der Waals surface area contributed by atoms with E-state index in [1.165, 1.54) is 18.7 Å². The highest BCUT2D eigenvalue weighted by Crippen LogP contribution is 2.32. The number of hydrogen-bond donors (Lipinski definition) is 3. The molecule has 9 nitrogen and oxygen atoms in total. The second-order valence-corrected chi connectivity index (χ2v) is 7.05. The number of nitrogens with one attached hydrogen (secondary N) is 2. The van der Waals surface area contributed by atoms with Gasteiger partial charge in [-0.15, -0.1) is 0 Å². The Labute approximate surface area is 189 Å². The van der Waals surface area contributed by atoms with Gasteiger partial charge < -0.3 is 25.2 Å². The van der Waals surface area contributed by atoms with Gasteiger partial charge in [-0.1, -0.05) is 23.7 Å². The van der Waals surface area contributed by atoms with E-state index in [2.05, 4.69) is 20.6 Å². The molecule has 1 heterocycles. The molecule has 0 bridgehead atoms. The molecule has 2 aromatic carbocycles. The van der Waals surface area contributed by atoms with Crippen LogP contribution in [0.15, 0.2) is 61.2 Å². The van der Waals surface area contributed by atoms with Crippen LogP contribution in [0.25, 0.3) is 0 Å². The van der Waals surface area contributed by atoms with Gasteiger partial charge >= 0.3 is 0 Å². The van der Waals surface area contributed by atoms with E-state index in [9.17, 15) is 14.7 Å². The minimum Gasteiger partial charge on any atom is -0.497 e. The van der Waals surface area contributed by atoms with E-state index in [0.29, 0.717) is 22.3 Å². The number of halogens is 1. The molecule has 0 saturated heterocycles. The molecule has 0 saturated carbocycles. The lowest BCUT2D eigenvalue weighted by Gasteiger charge is -2.13. The SMILES string of the molecule is COc1ccc(Oc2ccc(CNC(=O)CC(O)NC(=O)c3cncnc3)cc2)c(Cl)c1. The molecule has 10 heteroatoms. The zero-order chi connectivity index (χ0) is 22.9. The summed E-state index contributed by atoms with van der Waals surface area (Å²) >= 11 is 6.18. The summed E-state index contributed by atoms with van der Waals surface area (Å²) in [5.41, 5.74) is 1.01. The molecule has 0 aliphatic heterocycles. The molecule has 0 aliphatic rings. The van der Waals surface area contributed by atoms with Gasteiger partial charge in [-0.25, -0.2) is 9.97 Å². The fourth-order valence-electron chi connectivity index (χ4n) is 2.64. The van der Waals surface area contributed by atoms with Crippen molar-refractivity contribution in [3.63, 3.8) is 0 Å². The number of amides is 2. The van der Waals surface area contributed by atoms with E-state index in [4.69, 9.17) is 21.1 Å². The minimum absolute atomic E-state index is 0.185. The van der Waals surface area contributed by atoms with Crippen molar-refractivity contribution in [2.45, 2.75) is 19.2 Å². The van der Waals surface area contributed by atoms with Gasteiger partial charge in [0, 0.05) is 25.0 Å². The quantitative estimate of drug-likeness (QED) is 0.423. The lowest BCUT2D eigenvalue weighted by atomic mass is 10.2. The summed E-state index contributed by atoms with van der Waals surface area (Å²) in [5, 5.41) is 15.3. The molecule has 166 valence electrons. The van der Waals surface area contributed by atoms with E-state index in [-0.39, 0.29) is 18.5 Å². The Morgan fingerprint density at radius 1 is 1.09 bits per heavy atom. The molecular formula is C22H21ClN4O5. The van der Waals surface area contributed by atoms with Crippen molar-refractivity contribution in [3.8, 4) is 17.2 Å². The Kier molecular flexibility index (Phi) is 7.96. The van der Waals surface area contributed by atoms with Crippen molar-refractivity contribution in [1.29, 1.82) is 0 Å². The van der Waals surface area contributed by atoms with Crippen molar-refractivity contribution in [2.24, 2.45) is 0 Å². The normalized spacial score (nSPS) is 11.3. The lowest BCUT2D eigenvalue weighted by molar-refractivity contribution is -0.123. The summed E-state index contributed by atoms with van der Waals surface area (Å²) in [5.74, 6) is 0.708. The number of rotatable bonds is 9. The molecule has 1 aromatic heterocycles. The van der Waals surface area contributed by atoms with Gasteiger partial charge in [0.15, 0.2) is 0 Å². The number of aromatic nitrogens is 2. The summed E-state index contributed by atoms with van der Waals surface area (Å²) in [6.07, 6.45) is 2.27. The standard InChI is InChI=1S/C22H21ClN4O5/c1-31-17-6-7-19(18(23)8-17)32-16-4-2-14(3-5-16)10-26-20(28)9-21(29)27-22(30)15-11-24-13-25-12-15/h2-8,11-13,21,29H,9-10H2,1H3,(H,26,28)(H,27,30). The third-order valence-electron chi connectivity index (χ3n) is 4.28. The van der Waals surface area contributed by atoms with Crippen molar-refractivity contribution in [3.05, 3.63) is 77.3 Å². The lowest BCUT2D eigenvalue weighted by Crippen LogP contribution is -2.39. The van der Waals surface area contributed by atoms with Crippen LogP contribution in [0.5, 0.6) is 17.2 Å². The number of aliphatic hydroxyl groups excluding tert-OH is 1. The average molecular weight is 457 g/mol. The van der Waals surface area contributed by atoms with Gasteiger partial charge in [0.1, 0.15) is 29.8 Å². The topological polar surface area (TPSA) is 123 Å². The second-order valence-electron chi connectivity index (χ2n) is 6.64. The summed E-state index contributed by atoms with van der Waals surface area (Å²) in [4.78, 5) is 31.4. The van der Waals surface area contributed by atoms with Crippen molar-refractivity contribution in [1.82, 2.24) is 20.6 Å². The Bertz CT molecular complexity index is 1060. The predicted molar refractivity (Wildman–Crippen MR) is 116 cm³/mol. The zero-order valence-electron chi connectivity index (χ0n) is 17.1. The summed E-state index contributed by atoms with van der Waals surface area (Å²) < 4.78 is 10.9. The smallest absolute Gasteiger partial charge is 0.256 e. The summed E-state index contributed by atoms with van der Waals surface area (Å²) in [6, 6.07) is 12.2. The molecular weight excluding hydrogens is 436 g/mol. The van der Waals surface area contributed by atoms with Crippen molar-refractivity contribution < 1.29 is 24.2 Å². The van der Waals surface area contributed by atoms with Gasteiger partial charge in [0.2, 0.25) is 5.91 Å². The number of benzene rings is 2. The first kappa shape index (κ1) is 23.0. The van der Waals surface area contributed by atoms with Crippen LogP contribution in [-0.4, -0.2) is 40.2 Å². The van der Waals surface area contributed by atoms with Crippen molar-refractivity contribution >= 4 is 23.4 Å². The van der Waals surface area contributed by atoms with Crippen LogP contribution in [0, 0.1) is 0 Å². The molecule has 1 unspecified atom stereocenters. The Morgan fingerprint density at radius 3 is 2.44 bits per heavy atom. The molecule has 1 atom stereocenters. The van der Waals surface area contributed by atoms with E-state index in [1.54, 1.807) is 49.6 Å². The molecule has 3 aromatic rings. The average Bonchev–Trinajstić information content (AvgIpc) is 2.80. The van der Waals surface area contributed by atoms with Crippen LogP contribution in [-0.2, 0) is 11.3 Å². The maximum atomic E-state index is 12.0. The summed E-state index contributed by atoms with van der Waals surface area (Å²) in [7, 11) is 1.56. The van der Waals surface area contributed by atoms with Crippen LogP contribution in [0.1, 0.15) is 22.3 Å². The zero-order valence-corrected chi connectivity index (χ0v) is 17.9. The van der Waals surface area contributed by atoms with Crippen LogP contribution >= 0.6 is 11.6 Å². The Morgan fingerprint density at radius 2 is 1.78 bits per heavy atom. The predicted octanol–water partition coefficient (Wildman–Crippen LogP) is 2.69. The van der Waals surface area contributed by atoms with Crippen LogP contribution in [0.4, 0.5) is 0 Å². The first-order valence-electron chi connectivity index (χ1n) is 9.55. The molecule has 0 aliphatic carbocycles. The maximum Gasteiger partial charge on any atom is 0.256 e. The van der Waals surface area contributed by atoms with Crippen molar-refractivity contribution in [2.75, 3.05) is 7.11 Å². The number of hydrogen-bond acceptors (Lipinski definition) is 7. The molecule has 32 heavy (non-hydrogen) atoms. The Hall–Kier alpha value is -3.69. The molecule has 0 radical (unpaired) electrons. The van der Waals surface area contributed by atoms with Crippen LogP contribution < -0.4 is 20.1 Å². The molecule has 2 amide bonds. The highest BCUT2D eigenvalue weighted by atomic mass is 35.5. The fourth-order valence-corrected chi connectivity index (χ4v) is 2.85. The number of ether oxygens (including phenoxy) is 2. The minimum atomic E-state index is -1.34. The number of carbonyl (C=O) groups is 2. The third kappa shape index (κ3) is 6.66. The van der Waals surface area contributed by atoms with Gasteiger partial charge in [0.05, 0.1) is 24.1 Å². The number of methoxy groups -OCH3 is 1. The van der Waals surface area contributed by atoms with Crippen LogP contribution in [0.3, 0.4) is 0 Å². The van der Waals surface area contributed by atoms with E-state index < -0.39 is 18.0 Å². The van der Waals surface area contributed by atoms with E-state index >= 15 is 0 Å². The van der Waals surface area contributed by atoms with E-state index in [1.807, 2.05) is 0 Å². The number of nitrogens with zero attached hydrogens (tertiary/aromatic N) is 2. The van der Waals surface area contributed by atoms with Gasteiger partial charge in [-0.2, -0.15) is 0 Å². The largest absolute Gasteiger partial charge is 0.497 e. The third-order valence-corrected chi connectivity index (χ3v) is 4.57. The molecule has 3 N–H and O–H groups in total. The highest BCUT2D eigenvalue weighted by molar-refractivity contribution is 6.32. The van der Waals surface area contributed by atoms with Crippen LogP contribution in [0.2, 0.25) is 5.02 Å². The van der Waals surface area contributed by atoms with Gasteiger partial charge in [0.25, 0.3) is 5.91 Å².